The Hall–Kier alpha value is -3.36. The Balaban J connectivity index is 2.24. The first kappa shape index (κ1) is 15.2. The topological polar surface area (TPSA) is 52.6 Å². The first-order chi connectivity index (χ1) is 12.3. The lowest BCUT2D eigenvalue weighted by Gasteiger charge is -2.11. The van der Waals surface area contributed by atoms with E-state index in [4.69, 9.17) is 5.53 Å². The summed E-state index contributed by atoms with van der Waals surface area (Å²) >= 11 is 0. The molecule has 0 saturated heterocycles. The Morgan fingerprint density at radius 1 is 0.880 bits per heavy atom. The van der Waals surface area contributed by atoms with E-state index in [0.717, 1.165) is 28.6 Å². The van der Waals surface area contributed by atoms with Crippen molar-refractivity contribution in [3.63, 3.8) is 0 Å². The van der Waals surface area contributed by atoms with Crippen molar-refractivity contribution < 1.29 is 4.57 Å². The Kier molecular flexibility index (Phi) is 3.81. The third kappa shape index (κ3) is 2.49. The fourth-order valence-corrected chi connectivity index (χ4v) is 3.52. The summed E-state index contributed by atoms with van der Waals surface area (Å²) in [6.07, 6.45) is 0. The van der Waals surface area contributed by atoms with Gasteiger partial charge in [0.2, 0.25) is 11.2 Å². The summed E-state index contributed by atoms with van der Waals surface area (Å²) in [7, 11) is 0. The van der Waals surface area contributed by atoms with Crippen molar-refractivity contribution in [2.75, 3.05) is 0 Å². The zero-order valence-corrected chi connectivity index (χ0v) is 13.9. The van der Waals surface area contributed by atoms with Crippen LogP contribution in [0.4, 0.5) is 5.69 Å². The molecule has 0 aliphatic rings. The molecule has 0 spiro atoms. The number of aromatic nitrogens is 1. The van der Waals surface area contributed by atoms with Crippen molar-refractivity contribution in [1.29, 1.82) is 0 Å². The number of fused-ring (bicyclic) bond motifs is 3. The number of benzene rings is 3. The summed E-state index contributed by atoms with van der Waals surface area (Å²) in [6, 6.07) is 24.7. The minimum atomic E-state index is 0.630. The van der Waals surface area contributed by atoms with Gasteiger partial charge in [0.05, 0.1) is 10.8 Å². The molecule has 0 amide bonds. The molecule has 4 rings (SSSR count). The van der Waals surface area contributed by atoms with Crippen molar-refractivity contribution in [3.8, 4) is 11.3 Å². The number of hydrogen-bond donors (Lipinski definition) is 0. The third-order valence-corrected chi connectivity index (χ3v) is 4.54. The van der Waals surface area contributed by atoms with Gasteiger partial charge in [-0.05, 0) is 36.7 Å². The maximum absolute atomic E-state index is 8.80. The lowest BCUT2D eigenvalue weighted by Crippen LogP contribution is -2.36. The van der Waals surface area contributed by atoms with Crippen molar-refractivity contribution in [2.24, 2.45) is 5.11 Å². The normalized spacial score (nSPS) is 10.8. The van der Waals surface area contributed by atoms with Gasteiger partial charge in [-0.15, -0.1) is 0 Å². The number of azide groups is 1. The monoisotopic (exact) mass is 325 g/mol. The number of para-hydroxylation sites is 1. The third-order valence-electron chi connectivity index (χ3n) is 4.54. The summed E-state index contributed by atoms with van der Waals surface area (Å²) in [5.74, 6) is 0. The molecule has 120 valence electrons. The molecule has 4 heteroatoms. The molecule has 1 aromatic heterocycles. The van der Waals surface area contributed by atoms with E-state index in [2.05, 4.69) is 57.9 Å². The summed E-state index contributed by atoms with van der Waals surface area (Å²) < 4.78 is 2.33. The Bertz CT molecular complexity index is 1130. The molecule has 3 aromatic carbocycles. The van der Waals surface area contributed by atoms with E-state index in [1.54, 1.807) is 0 Å². The summed E-state index contributed by atoms with van der Waals surface area (Å²) in [5, 5.41) is 7.26. The van der Waals surface area contributed by atoms with Crippen LogP contribution >= 0.6 is 0 Å². The largest absolute Gasteiger partial charge is 0.220 e. The summed E-state index contributed by atoms with van der Waals surface area (Å²) in [5.41, 5.74) is 12.9. The molecular weight excluding hydrogens is 308 g/mol. The highest BCUT2D eigenvalue weighted by Crippen LogP contribution is 2.33. The Labute approximate surface area is 145 Å². The fraction of sp³-hybridized carbons (Fsp3) is 0.0952. The molecule has 0 fully saturated rings. The predicted molar refractivity (Wildman–Crippen MR) is 102 cm³/mol. The quantitative estimate of drug-likeness (QED) is 0.148. The molecule has 0 atom stereocenters. The molecule has 0 N–H and O–H groups in total. The standard InChI is InChI=1S/C21H17N4/c1-2-25-20-11-7-6-10-18(20)17-13-12-16(23-24-22)14-19(17)21(25)15-8-4-3-5-9-15/h3-14H,2H2,1H3/q+1. The van der Waals surface area contributed by atoms with Crippen molar-refractivity contribution in [2.45, 2.75) is 13.5 Å². The average molecular weight is 325 g/mol. The van der Waals surface area contributed by atoms with Gasteiger partial charge in [0.25, 0.3) is 0 Å². The van der Waals surface area contributed by atoms with Gasteiger partial charge in [0.1, 0.15) is 6.54 Å². The van der Waals surface area contributed by atoms with E-state index >= 15 is 0 Å². The molecule has 0 aliphatic carbocycles. The van der Waals surface area contributed by atoms with E-state index in [9.17, 15) is 0 Å². The first-order valence-corrected chi connectivity index (χ1v) is 8.32. The van der Waals surface area contributed by atoms with Crippen LogP contribution < -0.4 is 4.57 Å². The molecule has 0 unspecified atom stereocenters. The number of rotatable bonds is 3. The van der Waals surface area contributed by atoms with Crippen LogP contribution in [0.1, 0.15) is 6.92 Å². The van der Waals surface area contributed by atoms with Gasteiger partial charge in [-0.25, -0.2) is 0 Å². The van der Waals surface area contributed by atoms with Gasteiger partial charge in [-0.2, -0.15) is 4.57 Å². The minimum Gasteiger partial charge on any atom is -0.191 e. The van der Waals surface area contributed by atoms with Crippen molar-refractivity contribution >= 4 is 27.4 Å². The van der Waals surface area contributed by atoms with E-state index in [1.807, 2.05) is 36.4 Å². The molecule has 1 heterocycles. The zero-order valence-electron chi connectivity index (χ0n) is 13.9. The molecule has 0 radical (unpaired) electrons. The van der Waals surface area contributed by atoms with Crippen LogP contribution in [0.25, 0.3) is 43.4 Å². The number of hydrogen-bond acceptors (Lipinski definition) is 1. The van der Waals surface area contributed by atoms with Gasteiger partial charge in [0, 0.05) is 27.6 Å². The second-order valence-electron chi connectivity index (χ2n) is 5.90. The lowest BCUT2D eigenvalue weighted by molar-refractivity contribution is -0.655. The van der Waals surface area contributed by atoms with Gasteiger partial charge >= 0.3 is 0 Å². The molecular formula is C21H17N4+. The van der Waals surface area contributed by atoms with E-state index in [-0.39, 0.29) is 0 Å². The zero-order chi connectivity index (χ0) is 17.2. The summed E-state index contributed by atoms with van der Waals surface area (Å²) in [6.45, 7) is 3.01. The first-order valence-electron chi connectivity index (χ1n) is 8.32. The Morgan fingerprint density at radius 3 is 2.40 bits per heavy atom. The number of nitrogens with zero attached hydrogens (tertiary/aromatic N) is 4. The predicted octanol–water partition coefficient (Wildman–Crippen LogP) is 5.91. The number of pyridine rings is 1. The second kappa shape index (κ2) is 6.27. The fourth-order valence-electron chi connectivity index (χ4n) is 3.52. The second-order valence-corrected chi connectivity index (χ2v) is 5.90. The Morgan fingerprint density at radius 2 is 1.64 bits per heavy atom. The maximum atomic E-state index is 8.80. The van der Waals surface area contributed by atoms with Gasteiger partial charge in [-0.3, -0.25) is 0 Å². The molecule has 0 bridgehead atoms. The van der Waals surface area contributed by atoms with E-state index in [1.165, 1.54) is 10.9 Å². The molecule has 4 aromatic rings. The molecule has 0 aliphatic heterocycles. The highest BCUT2D eigenvalue weighted by atomic mass is 15.1. The lowest BCUT2D eigenvalue weighted by atomic mass is 9.98. The van der Waals surface area contributed by atoms with Crippen molar-refractivity contribution in [1.82, 2.24) is 0 Å². The highest BCUT2D eigenvalue weighted by Gasteiger charge is 2.21. The SMILES string of the molecule is CC[n+]1c(-c2ccccc2)c2cc(N=[N+]=[N-])ccc2c2ccccc21. The summed E-state index contributed by atoms with van der Waals surface area (Å²) in [4.78, 5) is 2.94. The van der Waals surface area contributed by atoms with Crippen LogP contribution in [-0.4, -0.2) is 0 Å². The molecule has 0 saturated carbocycles. The van der Waals surface area contributed by atoms with Crippen LogP contribution in [0, 0.1) is 0 Å². The smallest absolute Gasteiger partial charge is 0.191 e. The number of aryl methyl sites for hydroxylation is 1. The van der Waals surface area contributed by atoms with Gasteiger partial charge in [-0.1, -0.05) is 47.6 Å². The van der Waals surface area contributed by atoms with Crippen LogP contribution in [0.3, 0.4) is 0 Å². The van der Waals surface area contributed by atoms with Crippen LogP contribution in [-0.2, 0) is 6.54 Å². The van der Waals surface area contributed by atoms with Gasteiger partial charge < -0.3 is 0 Å². The van der Waals surface area contributed by atoms with E-state index in [0.29, 0.717) is 5.69 Å². The van der Waals surface area contributed by atoms with Crippen LogP contribution in [0.2, 0.25) is 0 Å². The highest BCUT2D eigenvalue weighted by molar-refractivity contribution is 6.09. The average Bonchev–Trinajstić information content (AvgIpc) is 2.67. The van der Waals surface area contributed by atoms with Crippen molar-refractivity contribution in [3.05, 3.63) is 83.2 Å². The maximum Gasteiger partial charge on any atom is 0.220 e. The van der Waals surface area contributed by atoms with Gasteiger partial charge in [0.15, 0.2) is 0 Å². The molecule has 4 nitrogen and oxygen atoms in total. The molecule has 25 heavy (non-hydrogen) atoms. The van der Waals surface area contributed by atoms with Crippen LogP contribution in [0.15, 0.2) is 77.9 Å². The minimum absolute atomic E-state index is 0.630. The van der Waals surface area contributed by atoms with E-state index < -0.39 is 0 Å². The van der Waals surface area contributed by atoms with Crippen LogP contribution in [0.5, 0.6) is 0 Å².